The summed E-state index contributed by atoms with van der Waals surface area (Å²) in [6.07, 6.45) is 0. The lowest BCUT2D eigenvalue weighted by atomic mass is 10.1. The fraction of sp³-hybridized carbons (Fsp3) is 0.333. The van der Waals surface area contributed by atoms with E-state index in [9.17, 15) is 18.0 Å². The predicted octanol–water partition coefficient (Wildman–Crippen LogP) is 1.19. The minimum Gasteiger partial charge on any atom is -0.480 e. The van der Waals surface area contributed by atoms with E-state index in [4.69, 9.17) is 16.7 Å². The Morgan fingerprint density at radius 2 is 1.95 bits per heavy atom. The molecule has 1 rings (SSSR count). The Kier molecular flexibility index (Phi) is 5.32. The Hall–Kier alpha value is -1.64. The molecule has 21 heavy (non-hydrogen) atoms. The quantitative estimate of drug-likeness (QED) is 0.782. The first-order valence-electron chi connectivity index (χ1n) is 5.73. The number of hydrogen-bond donors (Lipinski definition) is 2. The molecule has 1 atom stereocenters. The second-order valence-corrected chi connectivity index (χ2v) is 6.34. The van der Waals surface area contributed by atoms with Gasteiger partial charge >= 0.3 is 11.9 Å². The minimum atomic E-state index is -4.15. The molecule has 2 N–H and O–H groups in total. The molecular weight excluding hydrogens is 322 g/mol. The summed E-state index contributed by atoms with van der Waals surface area (Å²) in [7, 11) is -3.00. The van der Waals surface area contributed by atoms with Crippen molar-refractivity contribution in [2.45, 2.75) is 24.8 Å². The molecule has 1 aromatic rings. The molecule has 0 amide bonds. The number of nitrogens with one attached hydrogen (secondary N) is 1. The number of methoxy groups -OCH3 is 1. The highest BCUT2D eigenvalue weighted by Gasteiger charge is 2.25. The van der Waals surface area contributed by atoms with Gasteiger partial charge in [-0.2, -0.15) is 4.72 Å². The van der Waals surface area contributed by atoms with E-state index in [1.807, 2.05) is 4.72 Å². The van der Waals surface area contributed by atoms with E-state index < -0.39 is 28.0 Å². The van der Waals surface area contributed by atoms with Crippen LogP contribution in [0.3, 0.4) is 0 Å². The third kappa shape index (κ3) is 3.93. The van der Waals surface area contributed by atoms with Crippen LogP contribution in [0.4, 0.5) is 0 Å². The number of aliphatic carboxylic acids is 1. The van der Waals surface area contributed by atoms with Crippen LogP contribution < -0.4 is 4.72 Å². The topological polar surface area (TPSA) is 110 Å². The van der Waals surface area contributed by atoms with E-state index in [1.165, 1.54) is 19.9 Å². The summed E-state index contributed by atoms with van der Waals surface area (Å²) in [5.41, 5.74) is 0.158. The van der Waals surface area contributed by atoms with E-state index in [2.05, 4.69) is 4.74 Å². The van der Waals surface area contributed by atoms with Gasteiger partial charge in [-0.05, 0) is 31.5 Å². The second-order valence-electron chi connectivity index (χ2n) is 4.25. The Balaban J connectivity index is 3.38. The molecule has 0 heterocycles. The summed E-state index contributed by atoms with van der Waals surface area (Å²) in [5.74, 6) is -2.08. The lowest BCUT2D eigenvalue weighted by Gasteiger charge is -2.14. The average molecular weight is 336 g/mol. The smallest absolute Gasteiger partial charge is 0.337 e. The number of benzene rings is 1. The van der Waals surface area contributed by atoms with Crippen molar-refractivity contribution in [3.8, 4) is 0 Å². The van der Waals surface area contributed by atoms with Crippen molar-refractivity contribution in [2.75, 3.05) is 7.11 Å². The predicted molar refractivity (Wildman–Crippen MR) is 74.9 cm³/mol. The first-order valence-corrected chi connectivity index (χ1v) is 7.60. The SMILES string of the molecule is COC(=O)c1cc(Cl)c(C)c(S(=O)(=O)NC(C)C(=O)O)c1. The zero-order valence-corrected chi connectivity index (χ0v) is 13.1. The number of rotatable bonds is 5. The fourth-order valence-electron chi connectivity index (χ4n) is 1.52. The van der Waals surface area contributed by atoms with Crippen molar-refractivity contribution in [3.05, 3.63) is 28.3 Å². The number of ether oxygens (including phenoxy) is 1. The van der Waals surface area contributed by atoms with Crippen molar-refractivity contribution in [2.24, 2.45) is 0 Å². The zero-order chi connectivity index (χ0) is 16.4. The zero-order valence-electron chi connectivity index (χ0n) is 11.5. The molecule has 0 saturated carbocycles. The maximum atomic E-state index is 12.2. The monoisotopic (exact) mass is 335 g/mol. The third-order valence-electron chi connectivity index (χ3n) is 2.71. The number of esters is 1. The van der Waals surface area contributed by atoms with Gasteiger partial charge in [-0.15, -0.1) is 0 Å². The highest BCUT2D eigenvalue weighted by Crippen LogP contribution is 2.26. The maximum Gasteiger partial charge on any atom is 0.337 e. The normalized spacial score (nSPS) is 12.8. The standard InChI is InChI=1S/C12H14ClNO6S/c1-6-9(13)4-8(12(17)20-3)5-10(6)21(18,19)14-7(2)11(15)16/h4-5,7,14H,1-3H3,(H,15,16). The van der Waals surface area contributed by atoms with E-state index in [0.29, 0.717) is 0 Å². The molecule has 0 aliphatic heterocycles. The van der Waals surface area contributed by atoms with Gasteiger partial charge in [0.15, 0.2) is 0 Å². The van der Waals surface area contributed by atoms with Crippen LogP contribution in [0.1, 0.15) is 22.8 Å². The van der Waals surface area contributed by atoms with E-state index >= 15 is 0 Å². The molecule has 1 aromatic carbocycles. The molecule has 0 spiro atoms. The Labute approximate surface area is 126 Å². The van der Waals surface area contributed by atoms with Crippen LogP contribution in [0.5, 0.6) is 0 Å². The van der Waals surface area contributed by atoms with Gasteiger partial charge in [-0.3, -0.25) is 4.79 Å². The number of carboxylic acids is 1. The molecule has 0 fully saturated rings. The minimum absolute atomic E-state index is 0.0450. The molecule has 0 aliphatic carbocycles. The average Bonchev–Trinajstić information content (AvgIpc) is 2.39. The molecule has 0 aromatic heterocycles. The first-order chi connectivity index (χ1) is 9.60. The lowest BCUT2D eigenvalue weighted by molar-refractivity contribution is -0.138. The van der Waals surface area contributed by atoms with E-state index in [-0.39, 0.29) is 21.0 Å². The van der Waals surface area contributed by atoms with E-state index in [1.54, 1.807) is 0 Å². The number of halogens is 1. The number of hydrogen-bond acceptors (Lipinski definition) is 5. The number of carbonyl (C=O) groups excluding carboxylic acids is 1. The van der Waals surface area contributed by atoms with Crippen LogP contribution in [-0.4, -0.2) is 38.6 Å². The molecule has 9 heteroatoms. The number of carboxylic acid groups (broad SMARTS) is 1. The maximum absolute atomic E-state index is 12.2. The van der Waals surface area contributed by atoms with Gasteiger partial charge in [0, 0.05) is 5.02 Å². The van der Waals surface area contributed by atoms with Crippen molar-refractivity contribution in [1.29, 1.82) is 0 Å². The first kappa shape index (κ1) is 17.4. The van der Waals surface area contributed by atoms with Crippen LogP contribution in [-0.2, 0) is 19.6 Å². The molecule has 116 valence electrons. The third-order valence-corrected chi connectivity index (χ3v) is 4.77. The van der Waals surface area contributed by atoms with Crippen molar-refractivity contribution >= 4 is 33.6 Å². The van der Waals surface area contributed by atoms with Crippen LogP contribution in [0.2, 0.25) is 5.02 Å². The molecule has 0 radical (unpaired) electrons. The van der Waals surface area contributed by atoms with Gasteiger partial charge in [0.25, 0.3) is 0 Å². The van der Waals surface area contributed by atoms with Crippen LogP contribution in [0.15, 0.2) is 17.0 Å². The molecule has 0 bridgehead atoms. The van der Waals surface area contributed by atoms with Crippen molar-refractivity contribution in [3.63, 3.8) is 0 Å². The molecule has 0 saturated heterocycles. The lowest BCUT2D eigenvalue weighted by Crippen LogP contribution is -2.38. The largest absolute Gasteiger partial charge is 0.480 e. The van der Waals surface area contributed by atoms with Gasteiger partial charge in [0.05, 0.1) is 17.6 Å². The summed E-state index contributed by atoms with van der Waals surface area (Å²) in [6.45, 7) is 2.63. The summed E-state index contributed by atoms with van der Waals surface area (Å²) < 4.78 is 30.9. The Morgan fingerprint density at radius 3 is 2.43 bits per heavy atom. The summed E-state index contributed by atoms with van der Waals surface area (Å²) in [6, 6.07) is 1.04. The fourth-order valence-corrected chi connectivity index (χ4v) is 3.28. The van der Waals surface area contributed by atoms with Gasteiger partial charge in [-0.25, -0.2) is 13.2 Å². The van der Waals surface area contributed by atoms with Gasteiger partial charge in [-0.1, -0.05) is 11.6 Å². The van der Waals surface area contributed by atoms with Gasteiger partial charge < -0.3 is 9.84 Å². The van der Waals surface area contributed by atoms with Crippen molar-refractivity contribution in [1.82, 2.24) is 4.72 Å². The van der Waals surface area contributed by atoms with Crippen LogP contribution in [0.25, 0.3) is 0 Å². The highest BCUT2D eigenvalue weighted by molar-refractivity contribution is 7.89. The van der Waals surface area contributed by atoms with Crippen LogP contribution >= 0.6 is 11.6 Å². The molecule has 0 aliphatic rings. The number of carbonyl (C=O) groups is 2. The Morgan fingerprint density at radius 1 is 1.38 bits per heavy atom. The number of sulfonamides is 1. The second kappa shape index (κ2) is 6.42. The van der Waals surface area contributed by atoms with E-state index in [0.717, 1.165) is 13.2 Å². The molecule has 7 nitrogen and oxygen atoms in total. The highest BCUT2D eigenvalue weighted by atomic mass is 35.5. The van der Waals surface area contributed by atoms with Crippen LogP contribution in [0, 0.1) is 6.92 Å². The molecular formula is C12H14ClNO6S. The summed E-state index contributed by atoms with van der Waals surface area (Å²) >= 11 is 5.91. The van der Waals surface area contributed by atoms with Crippen molar-refractivity contribution < 1.29 is 27.9 Å². The van der Waals surface area contributed by atoms with Gasteiger partial charge in [0.2, 0.25) is 10.0 Å². The Bertz CT molecular complexity index is 685. The van der Waals surface area contributed by atoms with Gasteiger partial charge in [0.1, 0.15) is 6.04 Å². The summed E-state index contributed by atoms with van der Waals surface area (Å²) in [4.78, 5) is 22.0. The summed E-state index contributed by atoms with van der Waals surface area (Å²) in [5, 5.41) is 8.83. The molecule has 1 unspecified atom stereocenters.